The Morgan fingerprint density at radius 3 is 2.33 bits per heavy atom. The summed E-state index contributed by atoms with van der Waals surface area (Å²) in [6.45, 7) is 2.89. The molecule has 1 atom stereocenters. The SMILES string of the molecule is CC(=O)c1ccc(OCC(=O)NC(C)c2ccc(F)c(F)c2)cc1. The van der Waals surface area contributed by atoms with Gasteiger partial charge in [-0.3, -0.25) is 9.59 Å². The van der Waals surface area contributed by atoms with E-state index in [1.807, 2.05) is 0 Å². The molecule has 0 aromatic heterocycles. The van der Waals surface area contributed by atoms with Gasteiger partial charge in [-0.05, 0) is 55.8 Å². The summed E-state index contributed by atoms with van der Waals surface area (Å²) < 4.78 is 31.4. The molecule has 2 aromatic carbocycles. The molecule has 0 aliphatic heterocycles. The van der Waals surface area contributed by atoms with Crippen molar-refractivity contribution in [1.29, 1.82) is 0 Å². The first-order valence-corrected chi connectivity index (χ1v) is 7.35. The lowest BCUT2D eigenvalue weighted by Gasteiger charge is -2.15. The Bertz CT molecular complexity index is 744. The molecule has 0 aliphatic rings. The van der Waals surface area contributed by atoms with Gasteiger partial charge in [0, 0.05) is 5.56 Å². The number of amides is 1. The number of rotatable bonds is 6. The van der Waals surface area contributed by atoms with E-state index in [1.54, 1.807) is 31.2 Å². The van der Waals surface area contributed by atoms with Gasteiger partial charge in [0.15, 0.2) is 24.0 Å². The van der Waals surface area contributed by atoms with Gasteiger partial charge in [0.25, 0.3) is 5.91 Å². The van der Waals surface area contributed by atoms with Gasteiger partial charge in [0.2, 0.25) is 0 Å². The highest BCUT2D eigenvalue weighted by atomic mass is 19.2. The standard InChI is InChI=1S/C18H17F2NO3/c1-11(14-5-8-16(19)17(20)9-14)21-18(23)10-24-15-6-3-13(4-7-15)12(2)22/h3-9,11H,10H2,1-2H3,(H,21,23). The number of carbonyl (C=O) groups excluding carboxylic acids is 2. The molecular weight excluding hydrogens is 316 g/mol. The van der Waals surface area contributed by atoms with Gasteiger partial charge in [0.1, 0.15) is 5.75 Å². The molecule has 0 radical (unpaired) electrons. The second kappa shape index (κ2) is 7.68. The largest absolute Gasteiger partial charge is 0.484 e. The lowest BCUT2D eigenvalue weighted by atomic mass is 10.1. The van der Waals surface area contributed by atoms with Crippen molar-refractivity contribution in [2.75, 3.05) is 6.61 Å². The van der Waals surface area contributed by atoms with Crippen LogP contribution in [0.2, 0.25) is 0 Å². The molecule has 0 saturated heterocycles. The van der Waals surface area contributed by atoms with Crippen molar-refractivity contribution >= 4 is 11.7 Å². The highest BCUT2D eigenvalue weighted by Gasteiger charge is 2.12. The zero-order valence-electron chi connectivity index (χ0n) is 13.3. The van der Waals surface area contributed by atoms with Crippen molar-refractivity contribution < 1.29 is 23.1 Å². The highest BCUT2D eigenvalue weighted by Crippen LogP contribution is 2.16. The maximum absolute atomic E-state index is 13.2. The van der Waals surface area contributed by atoms with E-state index >= 15 is 0 Å². The lowest BCUT2D eigenvalue weighted by Crippen LogP contribution is -2.31. The third-order valence-electron chi connectivity index (χ3n) is 3.45. The predicted molar refractivity (Wildman–Crippen MR) is 84.9 cm³/mol. The number of nitrogens with one attached hydrogen (secondary N) is 1. The van der Waals surface area contributed by atoms with E-state index in [2.05, 4.69) is 5.32 Å². The fourth-order valence-corrected chi connectivity index (χ4v) is 2.08. The number of carbonyl (C=O) groups is 2. The van der Waals surface area contributed by atoms with Gasteiger partial charge in [-0.15, -0.1) is 0 Å². The molecule has 0 spiro atoms. The zero-order chi connectivity index (χ0) is 17.7. The first kappa shape index (κ1) is 17.6. The minimum Gasteiger partial charge on any atom is -0.484 e. The van der Waals surface area contributed by atoms with Crippen LogP contribution in [0.4, 0.5) is 8.78 Å². The molecule has 6 heteroatoms. The van der Waals surface area contributed by atoms with Crippen LogP contribution in [0.25, 0.3) is 0 Å². The van der Waals surface area contributed by atoms with E-state index in [1.165, 1.54) is 13.0 Å². The summed E-state index contributed by atoms with van der Waals surface area (Å²) in [5, 5.41) is 2.64. The van der Waals surface area contributed by atoms with Crippen LogP contribution in [0.1, 0.15) is 35.8 Å². The van der Waals surface area contributed by atoms with Crippen LogP contribution < -0.4 is 10.1 Å². The maximum atomic E-state index is 13.2. The average molecular weight is 333 g/mol. The zero-order valence-corrected chi connectivity index (χ0v) is 13.3. The van der Waals surface area contributed by atoms with Crippen LogP contribution in [0.5, 0.6) is 5.75 Å². The smallest absolute Gasteiger partial charge is 0.258 e. The maximum Gasteiger partial charge on any atom is 0.258 e. The third-order valence-corrected chi connectivity index (χ3v) is 3.45. The van der Waals surface area contributed by atoms with E-state index in [9.17, 15) is 18.4 Å². The second-order valence-corrected chi connectivity index (χ2v) is 5.33. The number of hydrogen-bond acceptors (Lipinski definition) is 3. The monoisotopic (exact) mass is 333 g/mol. The molecular formula is C18H17F2NO3. The highest BCUT2D eigenvalue weighted by molar-refractivity contribution is 5.94. The van der Waals surface area contributed by atoms with Crippen molar-refractivity contribution in [1.82, 2.24) is 5.32 Å². The van der Waals surface area contributed by atoms with E-state index < -0.39 is 23.6 Å². The number of hydrogen-bond donors (Lipinski definition) is 1. The summed E-state index contributed by atoms with van der Waals surface area (Å²) in [7, 11) is 0. The Labute approximate surface area is 138 Å². The molecule has 1 amide bonds. The molecule has 126 valence electrons. The number of ether oxygens (including phenoxy) is 1. The van der Waals surface area contributed by atoms with Crippen molar-refractivity contribution in [3.8, 4) is 5.75 Å². The molecule has 2 aromatic rings. The number of Topliss-reactive ketones (excluding diaryl/α,β-unsaturated/α-hetero) is 1. The van der Waals surface area contributed by atoms with Crippen molar-refractivity contribution in [2.45, 2.75) is 19.9 Å². The molecule has 0 bridgehead atoms. The minimum absolute atomic E-state index is 0.0559. The molecule has 0 saturated carbocycles. The minimum atomic E-state index is -0.963. The first-order valence-electron chi connectivity index (χ1n) is 7.35. The lowest BCUT2D eigenvalue weighted by molar-refractivity contribution is -0.123. The molecule has 0 heterocycles. The Kier molecular flexibility index (Phi) is 5.63. The van der Waals surface area contributed by atoms with Crippen LogP contribution in [0, 0.1) is 11.6 Å². The van der Waals surface area contributed by atoms with Gasteiger partial charge in [0.05, 0.1) is 6.04 Å². The molecule has 2 rings (SSSR count). The quantitative estimate of drug-likeness (QED) is 0.824. The Morgan fingerprint density at radius 2 is 1.75 bits per heavy atom. The van der Waals surface area contributed by atoms with Crippen LogP contribution in [-0.2, 0) is 4.79 Å². The molecule has 1 N–H and O–H groups in total. The molecule has 0 fully saturated rings. The molecule has 4 nitrogen and oxygen atoms in total. The van der Waals surface area contributed by atoms with E-state index in [0.29, 0.717) is 16.9 Å². The normalized spacial score (nSPS) is 11.7. The summed E-state index contributed by atoms with van der Waals surface area (Å²) in [4.78, 5) is 23.0. The van der Waals surface area contributed by atoms with Crippen molar-refractivity contribution in [2.24, 2.45) is 0 Å². The summed E-state index contributed by atoms with van der Waals surface area (Å²) in [6, 6.07) is 9.40. The second-order valence-electron chi connectivity index (χ2n) is 5.33. The number of ketones is 1. The predicted octanol–water partition coefficient (Wildman–Crippen LogP) is 3.42. The Morgan fingerprint density at radius 1 is 1.08 bits per heavy atom. The van der Waals surface area contributed by atoms with Gasteiger partial charge in [-0.25, -0.2) is 8.78 Å². The van der Waals surface area contributed by atoms with Crippen molar-refractivity contribution in [3.05, 3.63) is 65.2 Å². The topological polar surface area (TPSA) is 55.4 Å². The van der Waals surface area contributed by atoms with Gasteiger partial charge in [-0.2, -0.15) is 0 Å². The summed E-state index contributed by atoms with van der Waals surface area (Å²) in [5.41, 5.74) is 1.01. The van der Waals surface area contributed by atoms with Crippen LogP contribution >= 0.6 is 0 Å². The third kappa shape index (κ3) is 4.62. The Balaban J connectivity index is 1.88. The van der Waals surface area contributed by atoms with E-state index in [4.69, 9.17) is 4.74 Å². The number of halogens is 2. The fourth-order valence-electron chi connectivity index (χ4n) is 2.08. The van der Waals surface area contributed by atoms with Gasteiger partial charge < -0.3 is 10.1 Å². The summed E-state index contributed by atoms with van der Waals surface area (Å²) >= 11 is 0. The molecule has 24 heavy (non-hydrogen) atoms. The van der Waals surface area contributed by atoms with Crippen LogP contribution in [0.3, 0.4) is 0 Å². The summed E-state index contributed by atoms with van der Waals surface area (Å²) in [6.07, 6.45) is 0. The molecule has 1 unspecified atom stereocenters. The molecule has 0 aliphatic carbocycles. The van der Waals surface area contributed by atoms with E-state index in [0.717, 1.165) is 12.1 Å². The van der Waals surface area contributed by atoms with Crippen molar-refractivity contribution in [3.63, 3.8) is 0 Å². The van der Waals surface area contributed by atoms with E-state index in [-0.39, 0.29) is 12.4 Å². The first-order chi connectivity index (χ1) is 11.4. The van der Waals surface area contributed by atoms with Crippen LogP contribution in [0.15, 0.2) is 42.5 Å². The van der Waals surface area contributed by atoms with Crippen LogP contribution in [-0.4, -0.2) is 18.3 Å². The fraction of sp³-hybridized carbons (Fsp3) is 0.222. The van der Waals surface area contributed by atoms with Gasteiger partial charge >= 0.3 is 0 Å². The number of benzene rings is 2. The average Bonchev–Trinajstić information content (AvgIpc) is 2.55. The van der Waals surface area contributed by atoms with Gasteiger partial charge in [-0.1, -0.05) is 6.07 Å². The summed E-state index contributed by atoms with van der Waals surface area (Å²) in [5.74, 6) is -1.90. The Hall–Kier alpha value is -2.76.